The van der Waals surface area contributed by atoms with Crippen molar-refractivity contribution < 1.29 is 4.79 Å². The number of aryl methyl sites for hydroxylation is 3. The van der Waals surface area contributed by atoms with Gasteiger partial charge >= 0.3 is 0 Å². The molecule has 1 aromatic carbocycles. The Bertz CT molecular complexity index is 977. The van der Waals surface area contributed by atoms with Crippen LogP contribution in [-0.4, -0.2) is 30.9 Å². The first-order valence-corrected chi connectivity index (χ1v) is 10.7. The first-order valence-electron chi connectivity index (χ1n) is 9.79. The van der Waals surface area contributed by atoms with Gasteiger partial charge in [-0.15, -0.1) is 10.2 Å². The van der Waals surface area contributed by atoms with E-state index in [0.717, 1.165) is 46.3 Å². The molecule has 7 heteroatoms. The fourth-order valence-electron chi connectivity index (χ4n) is 3.33. The number of nitrogens with zero attached hydrogens (tertiary/aromatic N) is 4. The summed E-state index contributed by atoms with van der Waals surface area (Å²) in [6.07, 6.45) is 4.44. The van der Waals surface area contributed by atoms with E-state index in [0.29, 0.717) is 0 Å². The number of benzene rings is 1. The van der Waals surface area contributed by atoms with Crippen LogP contribution >= 0.6 is 11.8 Å². The van der Waals surface area contributed by atoms with E-state index in [-0.39, 0.29) is 11.2 Å². The SMILES string of the molecule is CCCn1c(SC(C)C(=O)Nc2c(C)cc(C)cc2C)nnc1-c1ccncc1. The van der Waals surface area contributed by atoms with Gasteiger partial charge in [-0.2, -0.15) is 0 Å². The van der Waals surface area contributed by atoms with E-state index in [1.54, 1.807) is 12.4 Å². The zero-order valence-electron chi connectivity index (χ0n) is 17.6. The maximum absolute atomic E-state index is 12.9. The highest BCUT2D eigenvalue weighted by atomic mass is 32.2. The van der Waals surface area contributed by atoms with E-state index in [4.69, 9.17) is 0 Å². The number of anilines is 1. The molecule has 6 nitrogen and oxygen atoms in total. The second-order valence-electron chi connectivity index (χ2n) is 7.22. The molecule has 0 spiro atoms. The summed E-state index contributed by atoms with van der Waals surface area (Å²) >= 11 is 1.43. The van der Waals surface area contributed by atoms with Gasteiger partial charge in [0.1, 0.15) is 0 Å². The number of thioether (sulfide) groups is 1. The number of hydrogen-bond donors (Lipinski definition) is 1. The standard InChI is InChI=1S/C22H27N5OS/c1-6-11-27-20(18-7-9-23-10-8-18)25-26-22(27)29-17(5)21(28)24-19-15(3)12-14(2)13-16(19)4/h7-10,12-13,17H,6,11H2,1-5H3,(H,24,28). The highest BCUT2D eigenvalue weighted by Crippen LogP contribution is 2.28. The third kappa shape index (κ3) is 4.85. The van der Waals surface area contributed by atoms with E-state index < -0.39 is 0 Å². The number of hydrogen-bond acceptors (Lipinski definition) is 5. The molecule has 0 aliphatic carbocycles. The lowest BCUT2D eigenvalue weighted by molar-refractivity contribution is -0.115. The molecular formula is C22H27N5OS. The second-order valence-corrected chi connectivity index (χ2v) is 8.52. The van der Waals surface area contributed by atoms with Crippen LogP contribution in [0, 0.1) is 20.8 Å². The minimum atomic E-state index is -0.305. The number of amides is 1. The quantitative estimate of drug-likeness (QED) is 0.568. The number of aromatic nitrogens is 4. The number of nitrogens with one attached hydrogen (secondary N) is 1. The van der Waals surface area contributed by atoms with E-state index in [1.807, 2.05) is 32.9 Å². The van der Waals surface area contributed by atoms with Gasteiger partial charge in [0, 0.05) is 30.2 Å². The predicted molar refractivity (Wildman–Crippen MR) is 118 cm³/mol. The normalized spacial score (nSPS) is 12.0. The summed E-state index contributed by atoms with van der Waals surface area (Å²) in [6.45, 7) is 10.9. The molecule has 2 aromatic heterocycles. The highest BCUT2D eigenvalue weighted by molar-refractivity contribution is 8.00. The van der Waals surface area contributed by atoms with Crippen molar-refractivity contribution in [1.82, 2.24) is 19.7 Å². The summed E-state index contributed by atoms with van der Waals surface area (Å²) in [5, 5.41) is 12.3. The highest BCUT2D eigenvalue weighted by Gasteiger charge is 2.21. The third-order valence-electron chi connectivity index (χ3n) is 4.68. The lowest BCUT2D eigenvalue weighted by Gasteiger charge is -2.16. The van der Waals surface area contributed by atoms with Crippen LogP contribution in [0.25, 0.3) is 11.4 Å². The second kappa shape index (κ2) is 9.22. The Morgan fingerprint density at radius 2 is 1.79 bits per heavy atom. The molecule has 0 radical (unpaired) electrons. The number of pyridine rings is 1. The van der Waals surface area contributed by atoms with Crippen LogP contribution in [0.4, 0.5) is 5.69 Å². The average Bonchev–Trinajstić information content (AvgIpc) is 3.07. The van der Waals surface area contributed by atoms with Crippen molar-refractivity contribution in [2.75, 3.05) is 5.32 Å². The molecule has 1 amide bonds. The van der Waals surface area contributed by atoms with Crippen LogP contribution < -0.4 is 5.32 Å². The smallest absolute Gasteiger partial charge is 0.237 e. The van der Waals surface area contributed by atoms with Gasteiger partial charge in [-0.1, -0.05) is 36.4 Å². The molecule has 3 rings (SSSR count). The molecule has 0 saturated heterocycles. The van der Waals surface area contributed by atoms with E-state index in [9.17, 15) is 4.79 Å². The van der Waals surface area contributed by atoms with Crippen LogP contribution in [0.5, 0.6) is 0 Å². The van der Waals surface area contributed by atoms with E-state index in [2.05, 4.69) is 51.0 Å². The molecule has 0 bridgehead atoms. The minimum Gasteiger partial charge on any atom is -0.325 e. The Morgan fingerprint density at radius 3 is 2.41 bits per heavy atom. The van der Waals surface area contributed by atoms with Gasteiger partial charge < -0.3 is 9.88 Å². The number of carbonyl (C=O) groups excluding carboxylic acids is 1. The zero-order chi connectivity index (χ0) is 21.0. The van der Waals surface area contributed by atoms with Crippen LogP contribution in [0.1, 0.15) is 37.0 Å². The van der Waals surface area contributed by atoms with Gasteiger partial charge in [0.2, 0.25) is 5.91 Å². The molecule has 152 valence electrons. The Balaban J connectivity index is 1.79. The first-order chi connectivity index (χ1) is 13.9. The molecule has 0 aliphatic heterocycles. The Hall–Kier alpha value is -2.67. The molecule has 1 atom stereocenters. The zero-order valence-corrected chi connectivity index (χ0v) is 18.4. The molecule has 0 fully saturated rings. The Labute approximate surface area is 176 Å². The molecule has 1 N–H and O–H groups in total. The molecule has 2 heterocycles. The van der Waals surface area contributed by atoms with Crippen LogP contribution in [-0.2, 0) is 11.3 Å². The summed E-state index contributed by atoms with van der Waals surface area (Å²) in [6, 6.07) is 8.01. The third-order valence-corrected chi connectivity index (χ3v) is 5.76. The Kier molecular flexibility index (Phi) is 6.69. The molecule has 0 aliphatic rings. The van der Waals surface area contributed by atoms with Gasteiger partial charge in [-0.3, -0.25) is 9.78 Å². The van der Waals surface area contributed by atoms with Crippen molar-refractivity contribution >= 4 is 23.4 Å². The van der Waals surface area contributed by atoms with Crippen molar-refractivity contribution in [3.8, 4) is 11.4 Å². The van der Waals surface area contributed by atoms with E-state index in [1.165, 1.54) is 17.3 Å². The lowest BCUT2D eigenvalue weighted by Crippen LogP contribution is -2.24. The van der Waals surface area contributed by atoms with Crippen molar-refractivity contribution in [1.29, 1.82) is 0 Å². The summed E-state index contributed by atoms with van der Waals surface area (Å²) in [5.41, 5.74) is 5.19. The topological polar surface area (TPSA) is 72.7 Å². The van der Waals surface area contributed by atoms with Gasteiger partial charge in [0.25, 0.3) is 0 Å². The number of rotatable bonds is 7. The molecule has 29 heavy (non-hydrogen) atoms. The summed E-state index contributed by atoms with van der Waals surface area (Å²) in [4.78, 5) is 16.9. The summed E-state index contributed by atoms with van der Waals surface area (Å²) in [5.74, 6) is 0.760. The van der Waals surface area contributed by atoms with E-state index >= 15 is 0 Å². The molecular weight excluding hydrogens is 382 g/mol. The van der Waals surface area contributed by atoms with Crippen LogP contribution in [0.15, 0.2) is 41.8 Å². The van der Waals surface area contributed by atoms with Crippen molar-refractivity contribution in [2.45, 2.75) is 58.0 Å². The maximum atomic E-state index is 12.9. The lowest BCUT2D eigenvalue weighted by atomic mass is 10.1. The van der Waals surface area contributed by atoms with Crippen molar-refractivity contribution in [3.05, 3.63) is 53.3 Å². The van der Waals surface area contributed by atoms with Gasteiger partial charge in [-0.25, -0.2) is 0 Å². The fourth-order valence-corrected chi connectivity index (χ4v) is 4.20. The maximum Gasteiger partial charge on any atom is 0.237 e. The Morgan fingerprint density at radius 1 is 1.14 bits per heavy atom. The minimum absolute atomic E-state index is 0.0402. The monoisotopic (exact) mass is 409 g/mol. The van der Waals surface area contributed by atoms with Crippen LogP contribution in [0.3, 0.4) is 0 Å². The van der Waals surface area contributed by atoms with Gasteiger partial charge in [0.15, 0.2) is 11.0 Å². The van der Waals surface area contributed by atoms with Crippen LogP contribution in [0.2, 0.25) is 0 Å². The van der Waals surface area contributed by atoms with Gasteiger partial charge in [0.05, 0.1) is 5.25 Å². The molecule has 3 aromatic rings. The summed E-state index contributed by atoms with van der Waals surface area (Å²) < 4.78 is 2.08. The molecule has 0 saturated carbocycles. The molecule has 1 unspecified atom stereocenters. The summed E-state index contributed by atoms with van der Waals surface area (Å²) in [7, 11) is 0. The number of carbonyl (C=O) groups is 1. The average molecular weight is 410 g/mol. The largest absolute Gasteiger partial charge is 0.325 e. The van der Waals surface area contributed by atoms with Gasteiger partial charge in [-0.05, 0) is 57.4 Å². The predicted octanol–water partition coefficient (Wildman–Crippen LogP) is 4.79. The van der Waals surface area contributed by atoms with Crippen molar-refractivity contribution in [2.24, 2.45) is 0 Å². The van der Waals surface area contributed by atoms with Crippen molar-refractivity contribution in [3.63, 3.8) is 0 Å². The fraction of sp³-hybridized carbons (Fsp3) is 0.364. The first kappa shape index (κ1) is 21.0.